The van der Waals surface area contributed by atoms with Crippen LogP contribution in [0.3, 0.4) is 0 Å². The van der Waals surface area contributed by atoms with Crippen LogP contribution in [0.15, 0.2) is 0 Å². The van der Waals surface area contributed by atoms with Gasteiger partial charge in [0.05, 0.1) is 0 Å². The van der Waals surface area contributed by atoms with Crippen LogP contribution in [0.2, 0.25) is 0 Å². The highest BCUT2D eigenvalue weighted by atomic mass is 127. The van der Waals surface area contributed by atoms with Crippen LogP contribution in [0.25, 0.3) is 0 Å². The summed E-state index contributed by atoms with van der Waals surface area (Å²) >= 11 is -3.76. The molecule has 0 aliphatic rings. The third kappa shape index (κ3) is 3720. The molecule has 0 amide bonds. The van der Waals surface area contributed by atoms with Crippen LogP contribution in [0.4, 0.5) is 0 Å². The molecule has 0 bridgehead atoms. The van der Waals surface area contributed by atoms with Gasteiger partial charge in [0.25, 0.3) is 5.09 Å². The first kappa shape index (κ1) is 10.7. The zero-order valence-corrected chi connectivity index (χ0v) is 5.51. The SMILES string of the molecule is O=[N+]([O-])O.[O-][I+2]([O-])O. The zero-order valence-electron chi connectivity index (χ0n) is 3.35. The van der Waals surface area contributed by atoms with Gasteiger partial charge in [0, 0.05) is 0 Å². The van der Waals surface area contributed by atoms with E-state index in [0.29, 0.717) is 0 Å². The van der Waals surface area contributed by atoms with E-state index in [4.69, 9.17) is 25.6 Å². The Morgan fingerprint density at radius 1 is 1.50 bits per heavy atom. The molecule has 0 aliphatic heterocycles. The van der Waals surface area contributed by atoms with E-state index in [-0.39, 0.29) is 0 Å². The number of hydrogen-bond donors (Lipinski definition) is 2. The summed E-state index contributed by atoms with van der Waals surface area (Å²) in [5.41, 5.74) is 0. The van der Waals surface area contributed by atoms with E-state index >= 15 is 0 Å². The summed E-state index contributed by atoms with van der Waals surface area (Å²) in [5.74, 6) is 0. The van der Waals surface area contributed by atoms with Gasteiger partial charge in [-0.25, -0.2) is 0 Å². The van der Waals surface area contributed by atoms with Gasteiger partial charge in [0.15, 0.2) is 0 Å². The largest absolute Gasteiger partial charge is 0.503 e. The Morgan fingerprint density at radius 3 is 1.50 bits per heavy atom. The Kier molecular flexibility index (Phi) is 9.13. The van der Waals surface area contributed by atoms with Crippen molar-refractivity contribution >= 4 is 0 Å². The molecule has 0 saturated heterocycles. The van der Waals surface area contributed by atoms with Crippen molar-refractivity contribution < 1.29 is 41.7 Å². The molecule has 0 fully saturated rings. The summed E-state index contributed by atoms with van der Waals surface area (Å²) in [4.78, 5) is 8.36. The van der Waals surface area contributed by atoms with Gasteiger partial charge >= 0.3 is 21.1 Å². The van der Waals surface area contributed by atoms with Gasteiger partial charge in [-0.15, -0.1) is 10.1 Å². The molecule has 7 nitrogen and oxygen atoms in total. The number of halogens is 1. The molecule has 0 heterocycles. The minimum Gasteiger partial charge on any atom is -0.396 e. The first-order chi connectivity index (χ1) is 3.46. The standard InChI is InChI=1S/HIO3.HNO3/c2*2-1(3)4/h2H;(H,2,3,4). The smallest absolute Gasteiger partial charge is 0.396 e. The number of nitrogens with zero attached hydrogens (tertiary/aromatic N) is 1. The molecule has 2 N–H and O–H groups in total. The van der Waals surface area contributed by atoms with Crippen molar-refractivity contribution in [3.63, 3.8) is 0 Å². The van der Waals surface area contributed by atoms with E-state index in [2.05, 4.69) is 0 Å². The molecule has 0 aliphatic carbocycles. The van der Waals surface area contributed by atoms with Gasteiger partial charge in [-0.2, -0.15) is 0 Å². The second kappa shape index (κ2) is 6.81. The van der Waals surface area contributed by atoms with Gasteiger partial charge in [-0.1, -0.05) is 0 Å². The molecule has 8 heteroatoms. The van der Waals surface area contributed by atoms with Crippen LogP contribution >= 0.6 is 0 Å². The summed E-state index contributed by atoms with van der Waals surface area (Å²) in [6.07, 6.45) is 0. The number of hydrogen-bond acceptors (Lipinski definition) is 5. The fourth-order valence-corrected chi connectivity index (χ4v) is 0. The van der Waals surface area contributed by atoms with Crippen molar-refractivity contribution in [1.29, 1.82) is 0 Å². The average Bonchev–Trinajstić information content (AvgIpc) is 1.25. The summed E-state index contributed by atoms with van der Waals surface area (Å²) in [5, 5.41) is 13.6. The predicted octanol–water partition coefficient (Wildman–Crippen LogP) is -6.28. The predicted molar refractivity (Wildman–Crippen MR) is 11.0 cm³/mol. The van der Waals surface area contributed by atoms with E-state index < -0.39 is 26.2 Å². The van der Waals surface area contributed by atoms with E-state index in [1.165, 1.54) is 0 Å². The average molecular weight is 239 g/mol. The van der Waals surface area contributed by atoms with Crippen molar-refractivity contribution in [2.24, 2.45) is 0 Å². The van der Waals surface area contributed by atoms with Gasteiger partial charge < -0.3 is 12.1 Å². The molecule has 0 radical (unpaired) electrons. The molecule has 0 atom stereocenters. The van der Waals surface area contributed by atoms with Crippen molar-refractivity contribution in [1.82, 2.24) is 0 Å². The van der Waals surface area contributed by atoms with E-state index in [9.17, 15) is 0 Å². The zero-order chi connectivity index (χ0) is 7.15. The van der Waals surface area contributed by atoms with Crippen LogP contribution < -0.4 is 27.9 Å². The summed E-state index contributed by atoms with van der Waals surface area (Å²) in [6.45, 7) is 0. The van der Waals surface area contributed by atoms with Crippen LogP contribution in [0.1, 0.15) is 0 Å². The lowest BCUT2D eigenvalue weighted by molar-refractivity contribution is -1.63. The quantitative estimate of drug-likeness (QED) is 0.245. The van der Waals surface area contributed by atoms with Gasteiger partial charge in [0.1, 0.15) is 0 Å². The highest BCUT2D eigenvalue weighted by Gasteiger charge is 1.89. The molecule has 50 valence electrons. The first-order valence-electron chi connectivity index (χ1n) is 1.04. The van der Waals surface area contributed by atoms with Crippen molar-refractivity contribution in [2.75, 3.05) is 0 Å². The van der Waals surface area contributed by atoms with E-state index in [0.717, 1.165) is 0 Å². The lowest BCUT2D eigenvalue weighted by Gasteiger charge is -1.67. The Balaban J connectivity index is 0. The van der Waals surface area contributed by atoms with Crippen molar-refractivity contribution in [3.05, 3.63) is 10.1 Å². The molecule has 0 unspecified atom stereocenters. The molecular formula is H2INO6. The maximum absolute atomic E-state index is 8.68. The van der Waals surface area contributed by atoms with Gasteiger partial charge in [0.2, 0.25) is 0 Å². The molecule has 0 rings (SSSR count). The molecule has 0 aromatic heterocycles. The number of rotatable bonds is 0. The van der Waals surface area contributed by atoms with Gasteiger partial charge in [-0.05, 0) is 3.44 Å². The minimum absolute atomic E-state index is 1.50. The second-order valence-corrected chi connectivity index (χ2v) is 1.59. The maximum Gasteiger partial charge on any atom is 0.503 e. The van der Waals surface area contributed by atoms with Crippen molar-refractivity contribution in [2.45, 2.75) is 0 Å². The Labute approximate surface area is 52.3 Å². The molecule has 0 aromatic rings. The second-order valence-electron chi connectivity index (χ2n) is 0.439. The fraction of sp³-hybridized carbons (Fsp3) is 0. The Bertz CT molecular complexity index is 52.8. The van der Waals surface area contributed by atoms with Crippen LogP contribution in [0.5, 0.6) is 0 Å². The monoisotopic (exact) mass is 239 g/mol. The molecule has 0 aromatic carbocycles. The third-order valence-corrected chi connectivity index (χ3v) is 0. The minimum atomic E-state index is -3.76. The first-order valence-corrected chi connectivity index (χ1v) is 3.77. The fourth-order valence-electron chi connectivity index (χ4n) is 0. The molecule has 8 heavy (non-hydrogen) atoms. The highest BCUT2D eigenvalue weighted by molar-refractivity contribution is 3.83. The lowest BCUT2D eigenvalue weighted by Crippen LogP contribution is -3.98. The highest BCUT2D eigenvalue weighted by Crippen LogP contribution is 1.38. The third-order valence-electron chi connectivity index (χ3n) is 0. The van der Waals surface area contributed by atoms with Gasteiger partial charge in [-0.3, -0.25) is 0 Å². The lowest BCUT2D eigenvalue weighted by atomic mass is 13.1. The Morgan fingerprint density at radius 2 is 1.50 bits per heavy atom. The Hall–Kier alpha value is -0.190. The van der Waals surface area contributed by atoms with E-state index in [1.54, 1.807) is 0 Å². The van der Waals surface area contributed by atoms with E-state index in [1.807, 2.05) is 0 Å². The topological polar surface area (TPSA) is 130 Å². The molecule has 0 spiro atoms. The normalized spacial score (nSPS) is 7.50. The summed E-state index contributed by atoms with van der Waals surface area (Å²) < 4.78 is 24.5. The summed E-state index contributed by atoms with van der Waals surface area (Å²) in [7, 11) is 0. The summed E-state index contributed by atoms with van der Waals surface area (Å²) in [6, 6.07) is 0. The van der Waals surface area contributed by atoms with Crippen molar-refractivity contribution in [3.8, 4) is 0 Å². The maximum atomic E-state index is 8.68. The van der Waals surface area contributed by atoms with Crippen LogP contribution in [0, 0.1) is 10.1 Å². The molecule has 0 saturated carbocycles. The van der Waals surface area contributed by atoms with Crippen LogP contribution in [-0.2, 0) is 0 Å². The van der Waals surface area contributed by atoms with Crippen LogP contribution in [-0.4, -0.2) is 13.7 Å². The molecular weight excluding hydrogens is 237 g/mol.